The molecule has 2 nitrogen and oxygen atoms in total. The summed E-state index contributed by atoms with van der Waals surface area (Å²) in [6, 6.07) is 17.1. The highest BCUT2D eigenvalue weighted by molar-refractivity contribution is 5.70. The molecule has 0 aliphatic heterocycles. The lowest BCUT2D eigenvalue weighted by atomic mass is 10.0. The number of allylic oxidation sites excluding steroid dienone is 1. The Morgan fingerprint density at radius 2 is 1.74 bits per heavy atom. The minimum atomic E-state index is -0.301. The second-order valence-corrected chi connectivity index (χ2v) is 3.89. The maximum atomic E-state index is 13.7. The monoisotopic (exact) mass is 248 g/mol. The third-order valence-electron chi connectivity index (χ3n) is 2.62. The first-order chi connectivity index (χ1) is 9.24. The van der Waals surface area contributed by atoms with Gasteiger partial charge in [0.1, 0.15) is 23.5 Å². The zero-order chi connectivity index (χ0) is 13.7. The van der Waals surface area contributed by atoms with Crippen LogP contribution in [0.1, 0.15) is 5.56 Å². The Labute approximate surface area is 110 Å². The second kappa shape index (κ2) is 5.62. The molecular formula is C16H9FN2. The van der Waals surface area contributed by atoms with Gasteiger partial charge >= 0.3 is 0 Å². The third-order valence-corrected chi connectivity index (χ3v) is 2.62. The van der Waals surface area contributed by atoms with E-state index in [2.05, 4.69) is 0 Å². The van der Waals surface area contributed by atoms with Gasteiger partial charge in [0.25, 0.3) is 0 Å². The van der Waals surface area contributed by atoms with E-state index in [0.29, 0.717) is 16.7 Å². The smallest absolute Gasteiger partial charge is 0.131 e. The van der Waals surface area contributed by atoms with Gasteiger partial charge in [0.2, 0.25) is 0 Å². The summed E-state index contributed by atoms with van der Waals surface area (Å²) in [5.41, 5.74) is 1.92. The van der Waals surface area contributed by atoms with E-state index in [1.54, 1.807) is 54.6 Å². The number of rotatable bonds is 2. The van der Waals surface area contributed by atoms with Crippen LogP contribution in [0.25, 0.3) is 17.2 Å². The van der Waals surface area contributed by atoms with Crippen LogP contribution < -0.4 is 0 Å². The molecule has 0 bridgehead atoms. The number of hydrogen-bond donors (Lipinski definition) is 0. The van der Waals surface area contributed by atoms with E-state index >= 15 is 0 Å². The van der Waals surface area contributed by atoms with Gasteiger partial charge in [-0.3, -0.25) is 0 Å². The molecule has 3 heteroatoms. The van der Waals surface area contributed by atoms with Crippen molar-refractivity contribution in [2.24, 2.45) is 0 Å². The number of nitriles is 2. The third kappa shape index (κ3) is 2.86. The molecule has 0 spiro atoms. The standard InChI is InChI=1S/C16H9FN2/c17-16-7-2-1-6-15(16)14-5-3-4-12(9-14)8-13(10-18)11-19/h1-9H. The molecule has 2 aromatic rings. The maximum Gasteiger partial charge on any atom is 0.131 e. The van der Waals surface area contributed by atoms with Crippen LogP contribution in [-0.4, -0.2) is 0 Å². The molecule has 0 aromatic heterocycles. The average molecular weight is 248 g/mol. The van der Waals surface area contributed by atoms with Crippen molar-refractivity contribution in [2.45, 2.75) is 0 Å². The minimum absolute atomic E-state index is 0.0192. The van der Waals surface area contributed by atoms with Crippen molar-refractivity contribution < 1.29 is 4.39 Å². The largest absolute Gasteiger partial charge is 0.206 e. The van der Waals surface area contributed by atoms with Gasteiger partial charge in [-0.2, -0.15) is 10.5 Å². The summed E-state index contributed by atoms with van der Waals surface area (Å²) in [6.45, 7) is 0. The van der Waals surface area contributed by atoms with E-state index in [-0.39, 0.29) is 11.4 Å². The van der Waals surface area contributed by atoms with Crippen molar-refractivity contribution in [3.8, 4) is 23.3 Å². The molecular weight excluding hydrogens is 239 g/mol. The topological polar surface area (TPSA) is 47.6 Å². The highest BCUT2D eigenvalue weighted by atomic mass is 19.1. The molecule has 2 aromatic carbocycles. The normalized spacial score (nSPS) is 9.21. The van der Waals surface area contributed by atoms with Gasteiger partial charge in [0.15, 0.2) is 0 Å². The quantitative estimate of drug-likeness (QED) is 0.756. The zero-order valence-electron chi connectivity index (χ0n) is 9.97. The van der Waals surface area contributed by atoms with E-state index in [0.717, 1.165) is 0 Å². The number of hydrogen-bond acceptors (Lipinski definition) is 2. The van der Waals surface area contributed by atoms with E-state index in [1.165, 1.54) is 12.1 Å². The number of benzene rings is 2. The predicted molar refractivity (Wildman–Crippen MR) is 71.0 cm³/mol. The van der Waals surface area contributed by atoms with Crippen LogP contribution in [0.3, 0.4) is 0 Å². The van der Waals surface area contributed by atoms with E-state index in [9.17, 15) is 4.39 Å². The Bertz CT molecular complexity index is 702. The first-order valence-corrected chi connectivity index (χ1v) is 5.61. The average Bonchev–Trinajstić information content (AvgIpc) is 2.45. The summed E-state index contributed by atoms with van der Waals surface area (Å²) >= 11 is 0. The molecule has 0 aliphatic carbocycles. The second-order valence-electron chi connectivity index (χ2n) is 3.89. The highest BCUT2D eigenvalue weighted by Gasteiger charge is 2.04. The number of halogens is 1. The molecule has 0 atom stereocenters. The summed E-state index contributed by atoms with van der Waals surface area (Å²) in [5.74, 6) is -0.301. The lowest BCUT2D eigenvalue weighted by Crippen LogP contribution is -1.84. The molecule has 2 rings (SSSR count). The Morgan fingerprint density at radius 3 is 2.42 bits per heavy atom. The first-order valence-electron chi connectivity index (χ1n) is 5.61. The SMILES string of the molecule is N#CC(C#N)=Cc1cccc(-c2ccccc2F)c1. The van der Waals surface area contributed by atoms with Crippen LogP contribution in [0.5, 0.6) is 0 Å². The number of nitrogens with zero attached hydrogens (tertiary/aromatic N) is 2. The van der Waals surface area contributed by atoms with E-state index < -0.39 is 0 Å². The van der Waals surface area contributed by atoms with Crippen molar-refractivity contribution in [3.05, 3.63) is 65.5 Å². The zero-order valence-corrected chi connectivity index (χ0v) is 9.97. The van der Waals surface area contributed by atoms with Crippen molar-refractivity contribution in [2.75, 3.05) is 0 Å². The highest BCUT2D eigenvalue weighted by Crippen LogP contribution is 2.24. The molecule has 0 unspecified atom stereocenters. The van der Waals surface area contributed by atoms with Crippen LogP contribution in [0.2, 0.25) is 0 Å². The van der Waals surface area contributed by atoms with Gasteiger partial charge in [-0.05, 0) is 29.3 Å². The molecule has 0 saturated carbocycles. The van der Waals surface area contributed by atoms with Gasteiger partial charge in [0, 0.05) is 5.56 Å². The molecule has 0 saturated heterocycles. The molecule has 0 fully saturated rings. The van der Waals surface area contributed by atoms with Gasteiger partial charge in [-0.25, -0.2) is 4.39 Å². The summed E-state index contributed by atoms with van der Waals surface area (Å²) in [4.78, 5) is 0. The van der Waals surface area contributed by atoms with Gasteiger partial charge < -0.3 is 0 Å². The van der Waals surface area contributed by atoms with E-state index in [4.69, 9.17) is 10.5 Å². The molecule has 0 amide bonds. The van der Waals surface area contributed by atoms with E-state index in [1.807, 2.05) is 0 Å². The van der Waals surface area contributed by atoms with Crippen LogP contribution in [0.4, 0.5) is 4.39 Å². The Morgan fingerprint density at radius 1 is 1.00 bits per heavy atom. The summed E-state index contributed by atoms with van der Waals surface area (Å²) in [6.07, 6.45) is 1.48. The van der Waals surface area contributed by atoms with Crippen molar-refractivity contribution in [1.82, 2.24) is 0 Å². The predicted octanol–water partition coefficient (Wildman–Crippen LogP) is 3.92. The maximum absolute atomic E-state index is 13.7. The first kappa shape index (κ1) is 12.5. The summed E-state index contributed by atoms with van der Waals surface area (Å²) < 4.78 is 13.7. The van der Waals surface area contributed by atoms with Crippen molar-refractivity contribution >= 4 is 6.08 Å². The fourth-order valence-corrected chi connectivity index (χ4v) is 1.75. The van der Waals surface area contributed by atoms with Crippen LogP contribution in [0, 0.1) is 28.5 Å². The minimum Gasteiger partial charge on any atom is -0.206 e. The van der Waals surface area contributed by atoms with Gasteiger partial charge in [0.05, 0.1) is 0 Å². The molecule has 90 valence electrons. The van der Waals surface area contributed by atoms with Crippen LogP contribution in [0.15, 0.2) is 54.1 Å². The fraction of sp³-hybridized carbons (Fsp3) is 0. The fourth-order valence-electron chi connectivity index (χ4n) is 1.75. The van der Waals surface area contributed by atoms with Crippen molar-refractivity contribution in [3.63, 3.8) is 0 Å². The Balaban J connectivity index is 2.48. The molecule has 0 heterocycles. The molecule has 0 radical (unpaired) electrons. The van der Waals surface area contributed by atoms with Gasteiger partial charge in [-0.1, -0.05) is 36.4 Å². The molecule has 0 aliphatic rings. The molecule has 0 N–H and O–H groups in total. The summed E-state index contributed by atoms with van der Waals surface area (Å²) in [7, 11) is 0. The Kier molecular flexibility index (Phi) is 3.71. The van der Waals surface area contributed by atoms with Crippen LogP contribution in [-0.2, 0) is 0 Å². The molecule has 19 heavy (non-hydrogen) atoms. The van der Waals surface area contributed by atoms with Gasteiger partial charge in [-0.15, -0.1) is 0 Å². The lowest BCUT2D eigenvalue weighted by Gasteiger charge is -2.04. The Hall–Kier alpha value is -2.91. The lowest BCUT2D eigenvalue weighted by molar-refractivity contribution is 0.631. The van der Waals surface area contributed by atoms with Crippen LogP contribution >= 0.6 is 0 Å². The summed E-state index contributed by atoms with van der Waals surface area (Å²) in [5, 5.41) is 17.4. The van der Waals surface area contributed by atoms with Crippen molar-refractivity contribution in [1.29, 1.82) is 10.5 Å².